The molecule has 3 rings (SSSR count). The van der Waals surface area contributed by atoms with Crippen molar-refractivity contribution in [3.05, 3.63) is 0 Å². The zero-order valence-electron chi connectivity index (χ0n) is 20.8. The summed E-state index contributed by atoms with van der Waals surface area (Å²) in [6.45, 7) is 12.4. The second-order valence-electron chi connectivity index (χ2n) is 11.6. The predicted molar refractivity (Wildman–Crippen MR) is 148 cm³/mol. The first-order chi connectivity index (χ1) is 14.8. The van der Waals surface area contributed by atoms with E-state index in [1.54, 1.807) is 0 Å². The van der Waals surface area contributed by atoms with E-state index in [1.165, 1.54) is 109 Å². The number of rotatable bonds is 5. The van der Waals surface area contributed by atoms with E-state index < -0.39 is 0 Å². The molecule has 0 aromatic carbocycles. The van der Waals surface area contributed by atoms with Gasteiger partial charge in [0.2, 0.25) is 7.41 Å². The third kappa shape index (κ3) is 8.28. The minimum absolute atomic E-state index is 0.0168. The molecule has 3 aliphatic rings. The SMILES string of the molecule is [B]C1(C(C)C)CCCCCCCC1[B]N1CCP([B]C2CCCCC(C)(S)CC2)CC1. The first kappa shape index (κ1) is 26.5. The molecule has 0 aromatic heterocycles. The number of hydrogen-bond acceptors (Lipinski definition) is 2. The van der Waals surface area contributed by atoms with Gasteiger partial charge in [0.25, 0.3) is 0 Å². The van der Waals surface area contributed by atoms with Gasteiger partial charge in [-0.05, 0) is 44.2 Å². The molecule has 0 amide bonds. The van der Waals surface area contributed by atoms with Crippen molar-refractivity contribution in [1.29, 1.82) is 0 Å². The third-order valence-electron chi connectivity index (χ3n) is 8.65. The number of thiol groups is 1. The summed E-state index contributed by atoms with van der Waals surface area (Å²) in [6, 6.07) is 0. The molecule has 172 valence electrons. The molecule has 4 radical (unpaired) electrons. The second-order valence-corrected chi connectivity index (χ2v) is 15.0. The fourth-order valence-electron chi connectivity index (χ4n) is 6.13. The van der Waals surface area contributed by atoms with Crippen LogP contribution in [-0.2, 0) is 0 Å². The van der Waals surface area contributed by atoms with Crippen LogP contribution < -0.4 is 0 Å². The zero-order chi connectivity index (χ0) is 22.3. The summed E-state index contributed by atoms with van der Waals surface area (Å²) in [5, 5.41) is -0.0168. The van der Waals surface area contributed by atoms with Crippen LogP contribution >= 0.6 is 20.4 Å². The van der Waals surface area contributed by atoms with Crippen LogP contribution in [0.2, 0.25) is 16.9 Å². The highest BCUT2D eigenvalue weighted by molar-refractivity contribution is 7.86. The summed E-state index contributed by atoms with van der Waals surface area (Å²) < 4.78 is 0.264. The summed E-state index contributed by atoms with van der Waals surface area (Å²) in [4.78, 5) is 2.67. The molecule has 1 aliphatic heterocycles. The van der Waals surface area contributed by atoms with Crippen molar-refractivity contribution in [3.8, 4) is 0 Å². The maximum Gasteiger partial charge on any atom is 0.211 e. The predicted octanol–water partition coefficient (Wildman–Crippen LogP) is 7.37. The van der Waals surface area contributed by atoms with Gasteiger partial charge >= 0.3 is 0 Å². The van der Waals surface area contributed by atoms with E-state index in [2.05, 4.69) is 40.0 Å². The Bertz CT molecular complexity index is 527. The summed E-state index contributed by atoms with van der Waals surface area (Å²) in [7, 11) is 9.86. The van der Waals surface area contributed by atoms with Gasteiger partial charge < -0.3 is 4.81 Å². The van der Waals surface area contributed by atoms with Crippen molar-refractivity contribution in [2.75, 3.05) is 25.4 Å². The lowest BCUT2D eigenvalue weighted by molar-refractivity contribution is 0.332. The minimum atomic E-state index is -0.0168. The molecular formula is C25H47B3NPS. The maximum absolute atomic E-state index is 7.14. The van der Waals surface area contributed by atoms with Crippen molar-refractivity contribution >= 4 is 42.7 Å². The number of hydrogen-bond donors (Lipinski definition) is 1. The van der Waals surface area contributed by atoms with Crippen LogP contribution in [0.15, 0.2) is 0 Å². The molecule has 0 spiro atoms. The first-order valence-corrected chi connectivity index (χ1v) is 15.7. The zero-order valence-corrected chi connectivity index (χ0v) is 22.6. The van der Waals surface area contributed by atoms with Gasteiger partial charge in [0.05, 0.1) is 7.85 Å². The van der Waals surface area contributed by atoms with E-state index >= 15 is 0 Å². The quantitative estimate of drug-likeness (QED) is 0.256. The van der Waals surface area contributed by atoms with Crippen LogP contribution in [0.3, 0.4) is 0 Å². The third-order valence-corrected chi connectivity index (χ3v) is 11.5. The van der Waals surface area contributed by atoms with Gasteiger partial charge in [-0.3, -0.25) is 0 Å². The van der Waals surface area contributed by atoms with E-state index in [0.29, 0.717) is 11.7 Å². The van der Waals surface area contributed by atoms with Crippen LogP contribution in [0.5, 0.6) is 0 Å². The lowest BCUT2D eigenvalue weighted by Gasteiger charge is -2.45. The maximum atomic E-state index is 7.14. The van der Waals surface area contributed by atoms with Gasteiger partial charge in [-0.25, -0.2) is 0 Å². The molecule has 0 aromatic rings. The summed E-state index contributed by atoms with van der Waals surface area (Å²) in [6.07, 6.45) is 20.2. The van der Waals surface area contributed by atoms with Crippen molar-refractivity contribution in [2.24, 2.45) is 5.92 Å². The number of nitrogens with zero attached hydrogens (tertiary/aromatic N) is 1. The Hall–Kier alpha value is 0.935. The summed E-state index contributed by atoms with van der Waals surface area (Å²) in [5.41, 5.74) is 0. The standard InChI is InChI=1S/C25H47B3NPS/c1-21(2)25(26)15-9-6-4-5-7-12-23(25)27-29-17-19-30(20-18-29)28-22-11-8-10-14-24(3,31)16-13-22/h21-23,31H,4-20H2,1-3H3. The van der Waals surface area contributed by atoms with E-state index in [0.717, 1.165) is 5.82 Å². The van der Waals surface area contributed by atoms with Gasteiger partial charge in [-0.2, -0.15) is 12.6 Å². The monoisotopic (exact) mass is 457 g/mol. The molecule has 3 fully saturated rings. The molecule has 1 nitrogen and oxygen atoms in total. The molecule has 6 heteroatoms. The smallest absolute Gasteiger partial charge is 0.211 e. The van der Waals surface area contributed by atoms with Gasteiger partial charge in [0, 0.05) is 4.75 Å². The minimum Gasteiger partial charge on any atom is -0.346 e. The van der Waals surface area contributed by atoms with Gasteiger partial charge in [0.15, 0.2) is 0 Å². The van der Waals surface area contributed by atoms with Crippen molar-refractivity contribution in [1.82, 2.24) is 4.81 Å². The lowest BCUT2D eigenvalue weighted by Crippen LogP contribution is -2.43. The largest absolute Gasteiger partial charge is 0.346 e. The van der Waals surface area contributed by atoms with Crippen LogP contribution in [0, 0.1) is 5.92 Å². The van der Waals surface area contributed by atoms with Crippen LogP contribution in [0.25, 0.3) is 0 Å². The Morgan fingerprint density at radius 3 is 2.29 bits per heavy atom. The van der Waals surface area contributed by atoms with Crippen molar-refractivity contribution < 1.29 is 0 Å². The van der Waals surface area contributed by atoms with Crippen LogP contribution in [0.4, 0.5) is 0 Å². The normalized spacial score (nSPS) is 37.8. The Balaban J connectivity index is 1.49. The van der Waals surface area contributed by atoms with E-state index in [-0.39, 0.29) is 17.9 Å². The molecule has 1 saturated heterocycles. The summed E-state index contributed by atoms with van der Waals surface area (Å²) >= 11 is 4.94. The molecule has 2 saturated carbocycles. The fourth-order valence-corrected chi connectivity index (χ4v) is 8.86. The van der Waals surface area contributed by atoms with Gasteiger partial charge in [-0.1, -0.05) is 108 Å². The molecule has 1 heterocycles. The van der Waals surface area contributed by atoms with Crippen molar-refractivity contribution in [3.63, 3.8) is 0 Å². The Labute approximate surface area is 204 Å². The van der Waals surface area contributed by atoms with Crippen LogP contribution in [0.1, 0.15) is 104 Å². The Morgan fingerprint density at radius 1 is 0.903 bits per heavy atom. The second kappa shape index (κ2) is 12.6. The highest BCUT2D eigenvalue weighted by atomic mass is 32.1. The average Bonchev–Trinajstić information content (AvgIpc) is 2.81. The molecule has 4 atom stereocenters. The van der Waals surface area contributed by atoms with E-state index in [9.17, 15) is 0 Å². The van der Waals surface area contributed by atoms with Gasteiger partial charge in [0.1, 0.15) is 7.00 Å². The van der Waals surface area contributed by atoms with E-state index in [4.69, 9.17) is 20.5 Å². The van der Waals surface area contributed by atoms with Crippen LogP contribution in [-0.4, -0.2) is 57.2 Å². The molecular weight excluding hydrogens is 410 g/mol. The molecule has 2 aliphatic carbocycles. The Morgan fingerprint density at radius 2 is 1.55 bits per heavy atom. The first-order valence-electron chi connectivity index (χ1n) is 13.5. The topological polar surface area (TPSA) is 3.24 Å². The molecule has 0 N–H and O–H groups in total. The molecule has 0 bridgehead atoms. The molecule has 4 unspecified atom stereocenters. The fraction of sp³-hybridized carbons (Fsp3) is 1.00. The average molecular weight is 457 g/mol. The lowest BCUT2D eigenvalue weighted by atomic mass is 9.43. The highest BCUT2D eigenvalue weighted by Gasteiger charge is 2.38. The van der Waals surface area contributed by atoms with Crippen molar-refractivity contribution in [2.45, 2.75) is 126 Å². The van der Waals surface area contributed by atoms with Gasteiger partial charge in [-0.15, -0.1) is 7.80 Å². The Kier molecular flexibility index (Phi) is 10.8. The molecule has 31 heavy (non-hydrogen) atoms. The highest BCUT2D eigenvalue weighted by Crippen LogP contribution is 2.52. The summed E-state index contributed by atoms with van der Waals surface area (Å²) in [5.74, 6) is 1.96. The van der Waals surface area contributed by atoms with E-state index in [1.807, 2.05) is 0 Å².